The molecule has 0 amide bonds. The van der Waals surface area contributed by atoms with Crippen LogP contribution in [0, 0.1) is 0 Å². The van der Waals surface area contributed by atoms with E-state index < -0.39 is 12.1 Å². The van der Waals surface area contributed by atoms with E-state index in [2.05, 4.69) is 4.74 Å². The molecule has 3 nitrogen and oxygen atoms in total. The lowest BCUT2D eigenvalue weighted by molar-refractivity contribution is -0.275. The van der Waals surface area contributed by atoms with Crippen molar-refractivity contribution in [2.75, 3.05) is 7.11 Å². The number of aldehydes is 1. The van der Waals surface area contributed by atoms with Gasteiger partial charge in [0.1, 0.15) is 6.29 Å². The zero-order valence-corrected chi connectivity index (χ0v) is 11.0. The first kappa shape index (κ1) is 14.9. The topological polar surface area (TPSA) is 35.5 Å². The molecular weight excluding hydrogens is 285 g/mol. The maximum Gasteiger partial charge on any atom is 0.573 e. The molecule has 0 unspecified atom stereocenters. The molecular formula is C15H11F3O3. The average molecular weight is 296 g/mol. The highest BCUT2D eigenvalue weighted by atomic mass is 19.4. The summed E-state index contributed by atoms with van der Waals surface area (Å²) in [7, 11) is 1.26. The lowest BCUT2D eigenvalue weighted by atomic mass is 10.0. The second-order valence-corrected chi connectivity index (χ2v) is 4.15. The van der Waals surface area contributed by atoms with Gasteiger partial charge in [0, 0.05) is 5.56 Å². The number of benzene rings is 2. The minimum absolute atomic E-state index is 0.0133. The number of halogens is 3. The first-order chi connectivity index (χ1) is 9.93. The number of hydrogen-bond donors (Lipinski definition) is 0. The molecule has 2 aromatic carbocycles. The SMILES string of the molecule is COc1ccc(-c2ccc(C=O)cc2)cc1OC(F)(F)F. The zero-order chi connectivity index (χ0) is 15.5. The number of rotatable bonds is 4. The summed E-state index contributed by atoms with van der Waals surface area (Å²) >= 11 is 0. The molecule has 0 aliphatic heterocycles. The number of alkyl halides is 3. The Balaban J connectivity index is 2.40. The second-order valence-electron chi connectivity index (χ2n) is 4.15. The van der Waals surface area contributed by atoms with Crippen molar-refractivity contribution in [2.45, 2.75) is 6.36 Å². The molecule has 0 saturated carbocycles. The van der Waals surface area contributed by atoms with E-state index in [4.69, 9.17) is 4.74 Å². The van der Waals surface area contributed by atoms with Gasteiger partial charge in [0.25, 0.3) is 0 Å². The van der Waals surface area contributed by atoms with Crippen LogP contribution in [0.4, 0.5) is 13.2 Å². The van der Waals surface area contributed by atoms with Crippen LogP contribution in [-0.2, 0) is 0 Å². The third kappa shape index (κ3) is 3.75. The van der Waals surface area contributed by atoms with Gasteiger partial charge < -0.3 is 9.47 Å². The molecule has 6 heteroatoms. The molecule has 0 fully saturated rings. The molecule has 0 bridgehead atoms. The Morgan fingerprint density at radius 3 is 2.10 bits per heavy atom. The Hall–Kier alpha value is -2.50. The Kier molecular flexibility index (Phi) is 4.16. The van der Waals surface area contributed by atoms with Crippen LogP contribution in [0.25, 0.3) is 11.1 Å². The fraction of sp³-hybridized carbons (Fsp3) is 0.133. The molecule has 0 aliphatic carbocycles. The van der Waals surface area contributed by atoms with Crippen LogP contribution in [0.3, 0.4) is 0 Å². The maximum atomic E-state index is 12.4. The van der Waals surface area contributed by atoms with Crippen LogP contribution in [0.2, 0.25) is 0 Å². The number of methoxy groups -OCH3 is 1. The smallest absolute Gasteiger partial charge is 0.493 e. The summed E-state index contributed by atoms with van der Waals surface area (Å²) in [5, 5.41) is 0. The van der Waals surface area contributed by atoms with Crippen molar-refractivity contribution >= 4 is 6.29 Å². The summed E-state index contributed by atoms with van der Waals surface area (Å²) in [6, 6.07) is 10.7. The van der Waals surface area contributed by atoms with Crippen LogP contribution in [0.1, 0.15) is 10.4 Å². The molecule has 0 saturated heterocycles. The first-order valence-electron chi connectivity index (χ1n) is 5.92. The van der Waals surface area contributed by atoms with Crippen LogP contribution >= 0.6 is 0 Å². The average Bonchev–Trinajstić information content (AvgIpc) is 2.45. The molecule has 0 radical (unpaired) electrons. The van der Waals surface area contributed by atoms with Crippen molar-refractivity contribution in [2.24, 2.45) is 0 Å². The normalized spacial score (nSPS) is 11.0. The highest BCUT2D eigenvalue weighted by molar-refractivity contribution is 5.77. The van der Waals surface area contributed by atoms with Crippen molar-refractivity contribution in [3.05, 3.63) is 48.0 Å². The fourth-order valence-electron chi connectivity index (χ4n) is 1.81. The summed E-state index contributed by atoms with van der Waals surface area (Å²) in [5.74, 6) is -0.428. The molecule has 0 N–H and O–H groups in total. The number of carbonyl (C=O) groups is 1. The van der Waals surface area contributed by atoms with E-state index in [-0.39, 0.29) is 5.75 Å². The van der Waals surface area contributed by atoms with Crippen molar-refractivity contribution in [1.82, 2.24) is 0 Å². The highest BCUT2D eigenvalue weighted by Crippen LogP contribution is 2.35. The van der Waals surface area contributed by atoms with Crippen molar-refractivity contribution in [3.8, 4) is 22.6 Å². The predicted octanol–water partition coefficient (Wildman–Crippen LogP) is 4.07. The maximum absolute atomic E-state index is 12.4. The number of hydrogen-bond acceptors (Lipinski definition) is 3. The van der Waals surface area contributed by atoms with Gasteiger partial charge in [-0.1, -0.05) is 30.3 Å². The highest BCUT2D eigenvalue weighted by Gasteiger charge is 2.32. The van der Waals surface area contributed by atoms with Gasteiger partial charge in [-0.05, 0) is 23.3 Å². The van der Waals surface area contributed by atoms with Gasteiger partial charge in [-0.3, -0.25) is 4.79 Å². The van der Waals surface area contributed by atoms with Crippen molar-refractivity contribution < 1.29 is 27.4 Å². The molecule has 0 aliphatic rings. The van der Waals surface area contributed by atoms with Crippen molar-refractivity contribution in [1.29, 1.82) is 0 Å². The Morgan fingerprint density at radius 1 is 0.952 bits per heavy atom. The Labute approximate surface area is 118 Å². The second kappa shape index (κ2) is 5.87. The van der Waals surface area contributed by atoms with E-state index in [0.29, 0.717) is 23.0 Å². The lowest BCUT2D eigenvalue weighted by Gasteiger charge is -2.14. The summed E-state index contributed by atoms with van der Waals surface area (Å²) in [6.07, 6.45) is -4.11. The van der Waals surface area contributed by atoms with E-state index in [1.165, 1.54) is 19.2 Å². The predicted molar refractivity (Wildman–Crippen MR) is 70.5 cm³/mol. The van der Waals surface area contributed by atoms with E-state index in [0.717, 1.165) is 0 Å². The molecule has 0 spiro atoms. The quantitative estimate of drug-likeness (QED) is 0.798. The minimum atomic E-state index is -4.80. The standard InChI is InChI=1S/C15H11F3O3/c1-20-13-7-6-12(8-14(13)21-15(16,17)18)11-4-2-10(9-19)3-5-11/h2-9H,1H3. The summed E-state index contributed by atoms with van der Waals surface area (Å²) in [6.45, 7) is 0. The van der Waals surface area contributed by atoms with E-state index in [1.54, 1.807) is 30.3 Å². The van der Waals surface area contributed by atoms with Gasteiger partial charge in [-0.15, -0.1) is 13.2 Å². The van der Waals surface area contributed by atoms with Crippen LogP contribution in [0.15, 0.2) is 42.5 Å². The summed E-state index contributed by atoms with van der Waals surface area (Å²) < 4.78 is 45.9. The van der Waals surface area contributed by atoms with Crippen molar-refractivity contribution in [3.63, 3.8) is 0 Å². The van der Waals surface area contributed by atoms with Gasteiger partial charge in [0.05, 0.1) is 7.11 Å². The van der Waals surface area contributed by atoms with Gasteiger partial charge in [-0.2, -0.15) is 0 Å². The minimum Gasteiger partial charge on any atom is -0.493 e. The third-order valence-corrected chi connectivity index (χ3v) is 2.77. The molecule has 21 heavy (non-hydrogen) atoms. The summed E-state index contributed by atoms with van der Waals surface area (Å²) in [4.78, 5) is 10.6. The van der Waals surface area contributed by atoms with E-state index in [1.807, 2.05) is 0 Å². The van der Waals surface area contributed by atoms with Gasteiger partial charge >= 0.3 is 6.36 Å². The van der Waals surface area contributed by atoms with Crippen LogP contribution in [-0.4, -0.2) is 19.8 Å². The fourth-order valence-corrected chi connectivity index (χ4v) is 1.81. The number of ether oxygens (including phenoxy) is 2. The van der Waals surface area contributed by atoms with Crippen LogP contribution < -0.4 is 9.47 Å². The largest absolute Gasteiger partial charge is 0.573 e. The molecule has 0 heterocycles. The summed E-state index contributed by atoms with van der Waals surface area (Å²) in [5.41, 5.74) is 1.67. The molecule has 110 valence electrons. The Bertz CT molecular complexity index is 634. The van der Waals surface area contributed by atoms with Gasteiger partial charge in [-0.25, -0.2) is 0 Å². The van der Waals surface area contributed by atoms with E-state index >= 15 is 0 Å². The van der Waals surface area contributed by atoms with E-state index in [9.17, 15) is 18.0 Å². The van der Waals surface area contributed by atoms with Gasteiger partial charge in [0.15, 0.2) is 11.5 Å². The monoisotopic (exact) mass is 296 g/mol. The zero-order valence-electron chi connectivity index (χ0n) is 11.0. The third-order valence-electron chi connectivity index (χ3n) is 2.77. The molecule has 0 atom stereocenters. The molecule has 2 rings (SSSR count). The van der Waals surface area contributed by atoms with Gasteiger partial charge in [0.2, 0.25) is 0 Å². The first-order valence-corrected chi connectivity index (χ1v) is 5.92. The molecule has 0 aromatic heterocycles. The number of carbonyl (C=O) groups excluding carboxylic acids is 1. The lowest BCUT2D eigenvalue weighted by Crippen LogP contribution is -2.17. The van der Waals surface area contributed by atoms with Crippen LogP contribution in [0.5, 0.6) is 11.5 Å². The Morgan fingerprint density at radius 2 is 1.57 bits per heavy atom. The molecule has 2 aromatic rings.